The van der Waals surface area contributed by atoms with E-state index in [4.69, 9.17) is 5.73 Å². The van der Waals surface area contributed by atoms with Gasteiger partial charge in [0.05, 0.1) is 0 Å². The molecule has 2 nitrogen and oxygen atoms in total. The van der Waals surface area contributed by atoms with Crippen LogP contribution in [0.15, 0.2) is 18.2 Å². The molecule has 0 aromatic heterocycles. The molecule has 0 bridgehead atoms. The van der Waals surface area contributed by atoms with Crippen LogP contribution in [0.4, 0.5) is 4.39 Å². The molecule has 1 aromatic carbocycles. The number of nitrogens with two attached hydrogens (primary N) is 1. The summed E-state index contributed by atoms with van der Waals surface area (Å²) in [5.41, 5.74) is 7.71. The molecule has 1 aromatic rings. The topological polar surface area (TPSA) is 38.0 Å². The Morgan fingerprint density at radius 2 is 2.07 bits per heavy atom. The predicted molar refractivity (Wildman–Crippen MR) is 61.2 cm³/mol. The minimum atomic E-state index is -0.209. The van der Waals surface area contributed by atoms with E-state index >= 15 is 0 Å². The van der Waals surface area contributed by atoms with E-state index in [2.05, 4.69) is 19.2 Å². The maximum absolute atomic E-state index is 13.1. The van der Waals surface area contributed by atoms with Gasteiger partial charge in [-0.1, -0.05) is 19.9 Å². The number of rotatable bonds is 4. The Morgan fingerprint density at radius 3 is 2.60 bits per heavy atom. The van der Waals surface area contributed by atoms with Gasteiger partial charge in [0.1, 0.15) is 5.82 Å². The first-order valence-corrected chi connectivity index (χ1v) is 5.26. The molecule has 3 N–H and O–H groups in total. The standard InChI is InChI=1S/C12H19FN2/c1-8(2)15-12(7-14)11-6-10(13)5-4-9(11)3/h4-6,8,12,15H,7,14H2,1-3H3. The Hall–Kier alpha value is -0.930. The molecule has 0 fully saturated rings. The number of hydrogen-bond donors (Lipinski definition) is 2. The summed E-state index contributed by atoms with van der Waals surface area (Å²) in [6, 6.07) is 5.18. The molecular weight excluding hydrogens is 191 g/mol. The molecule has 1 unspecified atom stereocenters. The third-order valence-electron chi connectivity index (χ3n) is 2.39. The fourth-order valence-electron chi connectivity index (χ4n) is 1.67. The van der Waals surface area contributed by atoms with Gasteiger partial charge < -0.3 is 11.1 Å². The zero-order valence-corrected chi connectivity index (χ0v) is 9.55. The second-order valence-corrected chi connectivity index (χ2v) is 4.11. The van der Waals surface area contributed by atoms with Gasteiger partial charge in [0, 0.05) is 18.6 Å². The van der Waals surface area contributed by atoms with Gasteiger partial charge in [-0.05, 0) is 30.2 Å². The number of benzene rings is 1. The maximum atomic E-state index is 13.1. The molecular formula is C12H19FN2. The van der Waals surface area contributed by atoms with Gasteiger partial charge in [-0.2, -0.15) is 0 Å². The van der Waals surface area contributed by atoms with E-state index in [-0.39, 0.29) is 11.9 Å². The van der Waals surface area contributed by atoms with Crippen LogP contribution in [0.25, 0.3) is 0 Å². The predicted octanol–water partition coefficient (Wildman–Crippen LogP) is 2.13. The summed E-state index contributed by atoms with van der Waals surface area (Å²) in [5.74, 6) is -0.209. The van der Waals surface area contributed by atoms with E-state index in [1.165, 1.54) is 6.07 Å². The monoisotopic (exact) mass is 210 g/mol. The van der Waals surface area contributed by atoms with Crippen molar-refractivity contribution in [3.05, 3.63) is 35.1 Å². The fraction of sp³-hybridized carbons (Fsp3) is 0.500. The molecule has 1 atom stereocenters. The van der Waals surface area contributed by atoms with E-state index in [0.717, 1.165) is 11.1 Å². The van der Waals surface area contributed by atoms with E-state index in [1.54, 1.807) is 12.1 Å². The van der Waals surface area contributed by atoms with E-state index in [1.807, 2.05) is 6.92 Å². The molecule has 0 heterocycles. The van der Waals surface area contributed by atoms with Crippen LogP contribution in [-0.4, -0.2) is 12.6 Å². The lowest BCUT2D eigenvalue weighted by Crippen LogP contribution is -2.33. The summed E-state index contributed by atoms with van der Waals surface area (Å²) in [7, 11) is 0. The summed E-state index contributed by atoms with van der Waals surface area (Å²) >= 11 is 0. The first kappa shape index (κ1) is 12.1. The van der Waals surface area contributed by atoms with Crippen molar-refractivity contribution in [3.8, 4) is 0 Å². The van der Waals surface area contributed by atoms with E-state index in [9.17, 15) is 4.39 Å². The molecule has 84 valence electrons. The summed E-state index contributed by atoms with van der Waals surface area (Å²) in [6.07, 6.45) is 0. The van der Waals surface area contributed by atoms with Crippen LogP contribution < -0.4 is 11.1 Å². The molecule has 0 aliphatic heterocycles. The van der Waals surface area contributed by atoms with Gasteiger partial charge in [-0.3, -0.25) is 0 Å². The Balaban J connectivity index is 2.95. The van der Waals surface area contributed by atoms with Crippen molar-refractivity contribution >= 4 is 0 Å². The Labute approximate surface area is 90.7 Å². The van der Waals surface area contributed by atoms with Gasteiger partial charge >= 0.3 is 0 Å². The van der Waals surface area contributed by atoms with Crippen LogP contribution in [0.2, 0.25) is 0 Å². The van der Waals surface area contributed by atoms with Crippen LogP contribution in [-0.2, 0) is 0 Å². The summed E-state index contributed by atoms with van der Waals surface area (Å²) < 4.78 is 13.1. The smallest absolute Gasteiger partial charge is 0.123 e. The van der Waals surface area contributed by atoms with Gasteiger partial charge in [0.25, 0.3) is 0 Å². The molecule has 3 heteroatoms. The SMILES string of the molecule is Cc1ccc(F)cc1C(CN)NC(C)C. The number of halogens is 1. The molecule has 0 amide bonds. The molecule has 0 saturated heterocycles. The van der Waals surface area contributed by atoms with Crippen LogP contribution in [0.5, 0.6) is 0 Å². The van der Waals surface area contributed by atoms with Gasteiger partial charge in [-0.15, -0.1) is 0 Å². The normalized spacial score (nSPS) is 13.2. The Morgan fingerprint density at radius 1 is 1.40 bits per heavy atom. The third-order valence-corrected chi connectivity index (χ3v) is 2.39. The van der Waals surface area contributed by atoms with Crippen molar-refractivity contribution in [1.29, 1.82) is 0 Å². The first-order chi connectivity index (χ1) is 7.04. The van der Waals surface area contributed by atoms with Crippen LogP contribution in [0.3, 0.4) is 0 Å². The lowest BCUT2D eigenvalue weighted by atomic mass is 10.0. The summed E-state index contributed by atoms with van der Waals surface area (Å²) in [5, 5.41) is 3.32. The molecule has 0 spiro atoms. The number of nitrogens with one attached hydrogen (secondary N) is 1. The molecule has 0 saturated carbocycles. The molecule has 15 heavy (non-hydrogen) atoms. The van der Waals surface area contributed by atoms with Crippen LogP contribution in [0.1, 0.15) is 31.0 Å². The zero-order chi connectivity index (χ0) is 11.4. The first-order valence-electron chi connectivity index (χ1n) is 5.26. The lowest BCUT2D eigenvalue weighted by Gasteiger charge is -2.21. The van der Waals surface area contributed by atoms with Gasteiger partial charge in [0.2, 0.25) is 0 Å². The van der Waals surface area contributed by atoms with Gasteiger partial charge in [-0.25, -0.2) is 4.39 Å². The highest BCUT2D eigenvalue weighted by Gasteiger charge is 2.13. The highest BCUT2D eigenvalue weighted by molar-refractivity contribution is 5.29. The van der Waals surface area contributed by atoms with Crippen molar-refractivity contribution < 1.29 is 4.39 Å². The van der Waals surface area contributed by atoms with Crippen LogP contribution >= 0.6 is 0 Å². The van der Waals surface area contributed by atoms with Crippen molar-refractivity contribution in [2.75, 3.05) is 6.54 Å². The number of hydrogen-bond acceptors (Lipinski definition) is 2. The van der Waals surface area contributed by atoms with Crippen molar-refractivity contribution in [1.82, 2.24) is 5.32 Å². The molecule has 0 radical (unpaired) electrons. The second-order valence-electron chi connectivity index (χ2n) is 4.11. The van der Waals surface area contributed by atoms with Crippen LogP contribution in [0, 0.1) is 12.7 Å². The van der Waals surface area contributed by atoms with E-state index in [0.29, 0.717) is 12.6 Å². The average molecular weight is 210 g/mol. The average Bonchev–Trinajstić information content (AvgIpc) is 2.18. The summed E-state index contributed by atoms with van der Waals surface area (Å²) in [4.78, 5) is 0. The summed E-state index contributed by atoms with van der Waals surface area (Å²) in [6.45, 7) is 6.55. The van der Waals surface area contributed by atoms with E-state index < -0.39 is 0 Å². The van der Waals surface area contributed by atoms with Crippen molar-refractivity contribution in [2.45, 2.75) is 32.9 Å². The largest absolute Gasteiger partial charge is 0.329 e. The van der Waals surface area contributed by atoms with Gasteiger partial charge in [0.15, 0.2) is 0 Å². The quantitative estimate of drug-likeness (QED) is 0.799. The number of aryl methyl sites for hydroxylation is 1. The molecule has 1 rings (SSSR count). The zero-order valence-electron chi connectivity index (χ0n) is 9.55. The molecule has 0 aliphatic carbocycles. The maximum Gasteiger partial charge on any atom is 0.123 e. The highest BCUT2D eigenvalue weighted by Crippen LogP contribution is 2.18. The highest BCUT2D eigenvalue weighted by atomic mass is 19.1. The minimum absolute atomic E-state index is 0.0284. The lowest BCUT2D eigenvalue weighted by molar-refractivity contribution is 0.479. The fourth-order valence-corrected chi connectivity index (χ4v) is 1.67. The Kier molecular flexibility index (Phi) is 4.24. The molecule has 0 aliphatic rings. The Bertz CT molecular complexity index is 323. The van der Waals surface area contributed by atoms with Crippen molar-refractivity contribution in [2.24, 2.45) is 5.73 Å². The second kappa shape index (κ2) is 5.24. The third kappa shape index (κ3) is 3.29. The van der Waals surface area contributed by atoms with Crippen molar-refractivity contribution in [3.63, 3.8) is 0 Å². The minimum Gasteiger partial charge on any atom is -0.329 e.